The molecule has 0 aliphatic rings. The Morgan fingerprint density at radius 2 is 1.38 bits per heavy atom. The molecule has 3 nitrogen and oxygen atoms in total. The molecule has 0 bridgehead atoms. The molecule has 0 heterocycles. The largest absolute Gasteiger partial charge is 0.534 e. The summed E-state index contributed by atoms with van der Waals surface area (Å²) in [5.41, 5.74) is -1.68. The molecule has 8 heteroatoms. The maximum Gasteiger partial charge on any atom is 0.534 e. The van der Waals surface area contributed by atoms with Gasteiger partial charge in [-0.15, -0.1) is 11.8 Å². The molecule has 0 aliphatic heterocycles. The summed E-state index contributed by atoms with van der Waals surface area (Å²) in [7, 11) is -5.77. The van der Waals surface area contributed by atoms with Crippen LogP contribution in [0.15, 0.2) is 89.8 Å². The zero-order chi connectivity index (χ0) is 22.9. The number of thioether (sulfide) groups is 1. The Labute approximate surface area is 188 Å². The molecule has 0 atom stereocenters. The molecule has 4 aromatic carbocycles. The first kappa shape index (κ1) is 22.2. The van der Waals surface area contributed by atoms with Crippen LogP contribution in [0.2, 0.25) is 0 Å². The van der Waals surface area contributed by atoms with Crippen molar-refractivity contribution in [1.29, 1.82) is 0 Å². The molecule has 4 aromatic rings. The van der Waals surface area contributed by atoms with Crippen LogP contribution in [0.1, 0.15) is 0 Å². The Hall–Kier alpha value is -2.97. The number of rotatable bonds is 5. The lowest BCUT2D eigenvalue weighted by Gasteiger charge is -2.14. The molecule has 0 spiro atoms. The minimum Gasteiger partial charge on any atom is -0.375 e. The molecule has 0 N–H and O–H groups in total. The minimum absolute atomic E-state index is 0.294. The van der Waals surface area contributed by atoms with E-state index in [1.54, 1.807) is 12.3 Å². The summed E-state index contributed by atoms with van der Waals surface area (Å²) in [6.07, 6.45) is 1.64. The monoisotopic (exact) mass is 474 g/mol. The average Bonchev–Trinajstić information content (AvgIpc) is 2.78. The highest BCUT2D eigenvalue weighted by molar-refractivity contribution is 7.98. The maximum atomic E-state index is 12.8. The first-order valence-electron chi connectivity index (χ1n) is 9.47. The van der Waals surface area contributed by atoms with E-state index in [9.17, 15) is 21.6 Å². The number of halogens is 3. The molecule has 0 amide bonds. The van der Waals surface area contributed by atoms with Gasteiger partial charge >= 0.3 is 15.6 Å². The Bertz CT molecular complexity index is 1380. The molecule has 0 aliphatic carbocycles. The highest BCUT2D eigenvalue weighted by atomic mass is 32.2. The average molecular weight is 475 g/mol. The SMILES string of the molecule is CSc1cc2ccc(-c3ccccc3-c3ccccc3)cc2cc1OS(=O)(=O)C(F)(F)F. The van der Waals surface area contributed by atoms with Crippen LogP contribution in [0.25, 0.3) is 33.0 Å². The quantitative estimate of drug-likeness (QED) is 0.175. The highest BCUT2D eigenvalue weighted by Gasteiger charge is 2.48. The van der Waals surface area contributed by atoms with Crippen molar-refractivity contribution in [2.45, 2.75) is 10.4 Å². The van der Waals surface area contributed by atoms with E-state index >= 15 is 0 Å². The Morgan fingerprint density at radius 3 is 2.00 bits per heavy atom. The molecular weight excluding hydrogens is 457 g/mol. The number of alkyl halides is 3. The van der Waals surface area contributed by atoms with Crippen molar-refractivity contribution >= 4 is 32.7 Å². The summed E-state index contributed by atoms with van der Waals surface area (Å²) in [5, 5.41) is 1.32. The topological polar surface area (TPSA) is 43.4 Å². The fourth-order valence-corrected chi connectivity index (χ4v) is 4.49. The molecule has 4 rings (SSSR count). The first-order chi connectivity index (χ1) is 15.2. The van der Waals surface area contributed by atoms with Gasteiger partial charge in [0, 0.05) is 0 Å². The van der Waals surface area contributed by atoms with Crippen LogP contribution in [0.4, 0.5) is 13.2 Å². The van der Waals surface area contributed by atoms with Crippen molar-refractivity contribution in [3.63, 3.8) is 0 Å². The van der Waals surface area contributed by atoms with E-state index in [1.807, 2.05) is 72.8 Å². The lowest BCUT2D eigenvalue weighted by Crippen LogP contribution is -2.28. The van der Waals surface area contributed by atoms with E-state index in [1.165, 1.54) is 6.07 Å². The van der Waals surface area contributed by atoms with E-state index in [0.717, 1.165) is 39.4 Å². The van der Waals surface area contributed by atoms with Gasteiger partial charge in [-0.2, -0.15) is 21.6 Å². The maximum absolute atomic E-state index is 12.8. The number of hydrogen-bond donors (Lipinski definition) is 0. The molecule has 32 heavy (non-hydrogen) atoms. The predicted octanol–water partition coefficient (Wildman–Crippen LogP) is 7.12. The van der Waals surface area contributed by atoms with Crippen molar-refractivity contribution in [3.8, 4) is 28.0 Å². The van der Waals surface area contributed by atoms with Crippen LogP contribution >= 0.6 is 11.8 Å². The molecule has 0 aromatic heterocycles. The summed E-state index contributed by atoms with van der Waals surface area (Å²) in [5.74, 6) is -0.351. The summed E-state index contributed by atoms with van der Waals surface area (Å²) in [4.78, 5) is 0.294. The van der Waals surface area contributed by atoms with Crippen molar-refractivity contribution in [2.75, 3.05) is 6.26 Å². The summed E-state index contributed by atoms with van der Waals surface area (Å²) in [6, 6.07) is 26.2. The van der Waals surface area contributed by atoms with Crippen molar-refractivity contribution in [3.05, 3.63) is 84.9 Å². The van der Waals surface area contributed by atoms with Gasteiger partial charge in [0.25, 0.3) is 0 Å². The second-order valence-electron chi connectivity index (χ2n) is 6.96. The molecule has 164 valence electrons. The second-order valence-corrected chi connectivity index (χ2v) is 9.35. The summed E-state index contributed by atoms with van der Waals surface area (Å²) >= 11 is 1.11. The zero-order valence-electron chi connectivity index (χ0n) is 16.8. The molecule has 0 saturated carbocycles. The predicted molar refractivity (Wildman–Crippen MR) is 122 cm³/mol. The summed E-state index contributed by atoms with van der Waals surface area (Å²) in [6.45, 7) is 0. The van der Waals surface area contributed by atoms with Gasteiger partial charge in [0.1, 0.15) is 0 Å². The van der Waals surface area contributed by atoms with Gasteiger partial charge in [-0.05, 0) is 57.5 Å². The molecule has 0 fully saturated rings. The highest BCUT2D eigenvalue weighted by Crippen LogP contribution is 2.38. The van der Waals surface area contributed by atoms with Crippen molar-refractivity contribution in [1.82, 2.24) is 0 Å². The number of hydrogen-bond acceptors (Lipinski definition) is 4. The third-order valence-corrected chi connectivity index (χ3v) is 6.65. The van der Waals surface area contributed by atoms with Gasteiger partial charge in [0.15, 0.2) is 5.75 Å². The smallest absolute Gasteiger partial charge is 0.375 e. The third kappa shape index (κ3) is 4.33. The fourth-order valence-electron chi connectivity index (χ4n) is 3.42. The minimum atomic E-state index is -5.77. The van der Waals surface area contributed by atoms with Gasteiger partial charge in [-0.25, -0.2) is 0 Å². The van der Waals surface area contributed by atoms with Gasteiger partial charge < -0.3 is 4.18 Å². The second kappa shape index (κ2) is 8.52. The van der Waals surface area contributed by atoms with E-state index in [0.29, 0.717) is 10.3 Å². The molecule has 0 radical (unpaired) electrons. The van der Waals surface area contributed by atoms with Crippen molar-refractivity contribution < 1.29 is 25.8 Å². The van der Waals surface area contributed by atoms with Gasteiger partial charge in [-0.1, -0.05) is 66.7 Å². The molecule has 0 saturated heterocycles. The Balaban J connectivity index is 1.84. The van der Waals surface area contributed by atoms with E-state index in [4.69, 9.17) is 0 Å². The Morgan fingerprint density at radius 1 is 0.750 bits per heavy atom. The first-order valence-corrected chi connectivity index (χ1v) is 12.1. The zero-order valence-corrected chi connectivity index (χ0v) is 18.4. The van der Waals surface area contributed by atoms with Gasteiger partial charge in [0.2, 0.25) is 0 Å². The normalized spacial score (nSPS) is 12.1. The van der Waals surface area contributed by atoms with Crippen LogP contribution in [-0.2, 0) is 10.1 Å². The van der Waals surface area contributed by atoms with E-state index < -0.39 is 15.6 Å². The van der Waals surface area contributed by atoms with Crippen LogP contribution in [0, 0.1) is 0 Å². The van der Waals surface area contributed by atoms with Gasteiger partial charge in [-0.3, -0.25) is 0 Å². The van der Waals surface area contributed by atoms with E-state index in [2.05, 4.69) is 4.18 Å². The van der Waals surface area contributed by atoms with Crippen molar-refractivity contribution in [2.24, 2.45) is 0 Å². The molecular formula is C24H17F3O3S2. The van der Waals surface area contributed by atoms with Crippen LogP contribution < -0.4 is 4.18 Å². The van der Waals surface area contributed by atoms with Crippen LogP contribution in [-0.4, -0.2) is 20.2 Å². The summed E-state index contributed by atoms with van der Waals surface area (Å²) < 4.78 is 66.1. The number of benzene rings is 4. The lowest BCUT2D eigenvalue weighted by atomic mass is 9.93. The standard InChI is InChI=1S/C24H17F3O3S2/c1-31-23-15-17-11-12-18(13-19(17)14-22(23)30-32(28,29)24(25,26)27)21-10-6-5-9-20(21)16-7-3-2-4-8-16/h2-15H,1H3. The fraction of sp³-hybridized carbons (Fsp3) is 0.0833. The molecule has 0 unspecified atom stereocenters. The lowest BCUT2D eigenvalue weighted by molar-refractivity contribution is -0.0500. The van der Waals surface area contributed by atoms with Crippen LogP contribution in [0.3, 0.4) is 0 Å². The number of fused-ring (bicyclic) bond motifs is 1. The third-order valence-electron chi connectivity index (χ3n) is 4.93. The van der Waals surface area contributed by atoms with Gasteiger partial charge in [0.05, 0.1) is 4.90 Å². The van der Waals surface area contributed by atoms with Crippen LogP contribution in [0.5, 0.6) is 5.75 Å². The Kier molecular flexibility index (Phi) is 5.92. The van der Waals surface area contributed by atoms with E-state index in [-0.39, 0.29) is 5.75 Å².